The van der Waals surface area contributed by atoms with Crippen LogP contribution in [-0.2, 0) is 15.1 Å². The fraction of sp³-hybridized carbons (Fsp3) is 0.565. The van der Waals surface area contributed by atoms with E-state index in [1.54, 1.807) is 6.26 Å². The van der Waals surface area contributed by atoms with Gasteiger partial charge in [0.25, 0.3) is 5.91 Å². The maximum atomic E-state index is 6.75. The Bertz CT molecular complexity index is 818. The third kappa shape index (κ3) is 2.76. The molecular formula is C23H32N2O3. The van der Waals surface area contributed by atoms with Gasteiger partial charge < -0.3 is 9.15 Å². The van der Waals surface area contributed by atoms with Gasteiger partial charge in [-0.1, -0.05) is 44.2 Å². The summed E-state index contributed by atoms with van der Waals surface area (Å²) >= 11 is 0. The number of ether oxygens (including phenoxy) is 1. The standard InChI is InChI=1S/C23H32N2O3/c1-7-22(6)19(18-14-11-15-26-18)25(21(4,5)17-12-9-8-10-13-17)28-23(22)24-20(2,3)16-27-23/h8-15,19,24H,7,16H2,1-6H3. The minimum atomic E-state index is -0.908. The van der Waals surface area contributed by atoms with Crippen molar-refractivity contribution in [2.75, 3.05) is 6.61 Å². The number of benzene rings is 1. The van der Waals surface area contributed by atoms with E-state index in [2.05, 4.69) is 76.2 Å². The molecule has 1 aromatic carbocycles. The Morgan fingerprint density at radius 3 is 2.36 bits per heavy atom. The zero-order chi connectivity index (χ0) is 20.2. The van der Waals surface area contributed by atoms with Gasteiger partial charge in [-0.25, -0.2) is 4.84 Å². The van der Waals surface area contributed by atoms with Crippen LogP contribution in [0.3, 0.4) is 0 Å². The van der Waals surface area contributed by atoms with Crippen LogP contribution >= 0.6 is 0 Å². The van der Waals surface area contributed by atoms with Crippen molar-refractivity contribution in [3.05, 3.63) is 60.1 Å². The molecule has 4 rings (SSSR count). The molecule has 1 spiro atoms. The Labute approximate surface area is 168 Å². The van der Waals surface area contributed by atoms with Gasteiger partial charge in [-0.15, -0.1) is 0 Å². The van der Waals surface area contributed by atoms with Crippen LogP contribution in [0, 0.1) is 5.41 Å². The number of hydroxylamine groups is 2. The average molecular weight is 385 g/mol. The number of furan rings is 1. The van der Waals surface area contributed by atoms with Crippen molar-refractivity contribution in [1.82, 2.24) is 10.4 Å². The maximum absolute atomic E-state index is 6.75. The molecule has 2 aliphatic heterocycles. The molecule has 2 aromatic rings. The first-order valence-corrected chi connectivity index (χ1v) is 10.2. The summed E-state index contributed by atoms with van der Waals surface area (Å²) in [7, 11) is 0. The summed E-state index contributed by atoms with van der Waals surface area (Å²) in [6, 6.07) is 14.3. The summed E-state index contributed by atoms with van der Waals surface area (Å²) in [6.45, 7) is 13.7. The smallest absolute Gasteiger partial charge is 0.253 e. The Morgan fingerprint density at radius 1 is 1.11 bits per heavy atom. The van der Waals surface area contributed by atoms with Crippen molar-refractivity contribution in [2.45, 2.75) is 71.0 Å². The third-order valence-corrected chi connectivity index (χ3v) is 6.53. The molecule has 2 aliphatic rings. The van der Waals surface area contributed by atoms with Crippen LogP contribution in [0.25, 0.3) is 0 Å². The van der Waals surface area contributed by atoms with Crippen LogP contribution in [-0.4, -0.2) is 23.1 Å². The van der Waals surface area contributed by atoms with Gasteiger partial charge >= 0.3 is 0 Å². The largest absolute Gasteiger partial charge is 0.468 e. The van der Waals surface area contributed by atoms with Crippen LogP contribution in [0.1, 0.15) is 65.3 Å². The second-order valence-corrected chi connectivity index (χ2v) is 9.45. The molecule has 0 aliphatic carbocycles. The molecule has 1 N–H and O–H groups in total. The molecule has 5 nitrogen and oxygen atoms in total. The van der Waals surface area contributed by atoms with Gasteiger partial charge in [-0.05, 0) is 51.8 Å². The summed E-state index contributed by atoms with van der Waals surface area (Å²) < 4.78 is 12.3. The molecule has 1 aromatic heterocycles. The molecule has 3 heterocycles. The molecule has 28 heavy (non-hydrogen) atoms. The number of nitrogens with one attached hydrogen (secondary N) is 1. The van der Waals surface area contributed by atoms with Gasteiger partial charge in [-0.3, -0.25) is 5.32 Å². The van der Waals surface area contributed by atoms with Crippen molar-refractivity contribution in [3.8, 4) is 0 Å². The second kappa shape index (κ2) is 6.42. The van der Waals surface area contributed by atoms with Crippen molar-refractivity contribution >= 4 is 0 Å². The Morgan fingerprint density at radius 2 is 1.82 bits per heavy atom. The van der Waals surface area contributed by atoms with Crippen LogP contribution < -0.4 is 5.32 Å². The summed E-state index contributed by atoms with van der Waals surface area (Å²) in [5, 5.41) is 5.75. The molecule has 3 unspecified atom stereocenters. The summed E-state index contributed by atoms with van der Waals surface area (Å²) in [4.78, 5) is 6.75. The van der Waals surface area contributed by atoms with Gasteiger partial charge in [-0.2, -0.15) is 5.06 Å². The van der Waals surface area contributed by atoms with Gasteiger partial charge in [0.1, 0.15) is 11.8 Å². The average Bonchev–Trinajstić information content (AvgIpc) is 3.35. The maximum Gasteiger partial charge on any atom is 0.253 e. The first kappa shape index (κ1) is 19.6. The van der Waals surface area contributed by atoms with Crippen LogP contribution in [0.5, 0.6) is 0 Å². The van der Waals surface area contributed by atoms with E-state index >= 15 is 0 Å². The Kier molecular flexibility index (Phi) is 4.51. The fourth-order valence-corrected chi connectivity index (χ4v) is 4.60. The highest BCUT2D eigenvalue weighted by atomic mass is 16.8. The lowest BCUT2D eigenvalue weighted by Gasteiger charge is -2.40. The summed E-state index contributed by atoms with van der Waals surface area (Å²) in [5.74, 6) is -0.0188. The fourth-order valence-electron chi connectivity index (χ4n) is 4.60. The molecule has 0 amide bonds. The van der Waals surface area contributed by atoms with E-state index in [0.29, 0.717) is 6.61 Å². The summed E-state index contributed by atoms with van der Waals surface area (Å²) in [6.07, 6.45) is 2.60. The molecule has 3 atom stereocenters. The van der Waals surface area contributed by atoms with Crippen molar-refractivity contribution in [2.24, 2.45) is 5.41 Å². The number of rotatable bonds is 4. The molecule has 0 saturated carbocycles. The highest BCUT2D eigenvalue weighted by molar-refractivity contribution is 5.26. The lowest BCUT2D eigenvalue weighted by atomic mass is 9.74. The zero-order valence-electron chi connectivity index (χ0n) is 17.8. The molecule has 5 heteroatoms. The van der Waals surface area contributed by atoms with E-state index in [1.807, 2.05) is 18.2 Å². The minimum Gasteiger partial charge on any atom is -0.468 e. The van der Waals surface area contributed by atoms with E-state index < -0.39 is 11.4 Å². The van der Waals surface area contributed by atoms with Gasteiger partial charge in [0.05, 0.1) is 23.8 Å². The normalized spacial score (nSPS) is 33.0. The van der Waals surface area contributed by atoms with Crippen molar-refractivity contribution in [1.29, 1.82) is 0 Å². The molecule has 0 bridgehead atoms. The van der Waals surface area contributed by atoms with E-state index in [0.717, 1.165) is 12.2 Å². The number of hydrogen-bond donors (Lipinski definition) is 1. The third-order valence-electron chi connectivity index (χ3n) is 6.53. The first-order valence-electron chi connectivity index (χ1n) is 10.2. The SMILES string of the molecule is CCC1(C)C(c2ccco2)N(C(C)(C)c2ccccc2)OC12NC(C)(C)CO2. The van der Waals surface area contributed by atoms with E-state index in [-0.39, 0.29) is 17.0 Å². The lowest BCUT2D eigenvalue weighted by Crippen LogP contribution is -2.57. The lowest BCUT2D eigenvalue weighted by molar-refractivity contribution is -0.340. The molecule has 2 saturated heterocycles. The molecule has 2 fully saturated rings. The predicted octanol–water partition coefficient (Wildman–Crippen LogP) is 4.97. The molecule has 0 radical (unpaired) electrons. The minimum absolute atomic E-state index is 0.107. The highest BCUT2D eigenvalue weighted by Gasteiger charge is 2.70. The summed E-state index contributed by atoms with van der Waals surface area (Å²) in [5.41, 5.74) is 0.261. The topological polar surface area (TPSA) is 46.9 Å². The van der Waals surface area contributed by atoms with Crippen molar-refractivity contribution in [3.63, 3.8) is 0 Å². The number of nitrogens with zero attached hydrogens (tertiary/aromatic N) is 1. The highest BCUT2D eigenvalue weighted by Crippen LogP contribution is 2.61. The van der Waals surface area contributed by atoms with Gasteiger partial charge in [0, 0.05) is 5.54 Å². The number of hydrogen-bond acceptors (Lipinski definition) is 5. The second-order valence-electron chi connectivity index (χ2n) is 9.45. The Hall–Kier alpha value is -1.66. The monoisotopic (exact) mass is 384 g/mol. The van der Waals surface area contributed by atoms with Crippen molar-refractivity contribution < 1.29 is 14.0 Å². The van der Waals surface area contributed by atoms with Crippen LogP contribution in [0.4, 0.5) is 0 Å². The van der Waals surface area contributed by atoms with E-state index in [1.165, 1.54) is 5.56 Å². The quantitative estimate of drug-likeness (QED) is 0.806. The van der Waals surface area contributed by atoms with Gasteiger partial charge in [0.15, 0.2) is 0 Å². The Balaban J connectivity index is 1.86. The first-order chi connectivity index (χ1) is 13.2. The van der Waals surface area contributed by atoms with E-state index in [9.17, 15) is 0 Å². The predicted molar refractivity (Wildman–Crippen MR) is 108 cm³/mol. The van der Waals surface area contributed by atoms with Crippen LogP contribution in [0.2, 0.25) is 0 Å². The van der Waals surface area contributed by atoms with E-state index in [4.69, 9.17) is 14.0 Å². The molecule has 152 valence electrons. The van der Waals surface area contributed by atoms with Gasteiger partial charge in [0.2, 0.25) is 0 Å². The zero-order valence-corrected chi connectivity index (χ0v) is 17.8. The molecular weight excluding hydrogens is 352 g/mol. The van der Waals surface area contributed by atoms with Crippen LogP contribution in [0.15, 0.2) is 53.1 Å².